The minimum atomic E-state index is -0.487. The molecule has 2 aromatic rings. The van der Waals surface area contributed by atoms with Gasteiger partial charge >= 0.3 is 0 Å². The van der Waals surface area contributed by atoms with E-state index in [0.717, 1.165) is 0 Å². The second-order valence-corrected chi connectivity index (χ2v) is 5.09. The highest BCUT2D eigenvalue weighted by atomic mass is 35.5. The number of amides is 2. The van der Waals surface area contributed by atoms with E-state index in [0.29, 0.717) is 21.2 Å². The highest BCUT2D eigenvalue weighted by Crippen LogP contribution is 2.19. The minimum absolute atomic E-state index is 0.390. The van der Waals surface area contributed by atoms with Crippen LogP contribution < -0.4 is 10.9 Å². The number of carbonyl (C=O) groups excluding carboxylic acids is 2. The summed E-state index contributed by atoms with van der Waals surface area (Å²) in [7, 11) is 0. The third-order valence-electron chi connectivity index (χ3n) is 2.55. The SMILES string of the molecule is O=C(/C=C/c1cc(Cl)cc(Cl)c1)NNC(=O)c1ccncc1. The number of pyridine rings is 1. The van der Waals surface area contributed by atoms with Crippen LogP contribution in [0.3, 0.4) is 0 Å². The van der Waals surface area contributed by atoms with Crippen LogP contribution in [0, 0.1) is 0 Å². The van der Waals surface area contributed by atoms with Gasteiger partial charge in [0.15, 0.2) is 0 Å². The summed E-state index contributed by atoms with van der Waals surface area (Å²) in [4.78, 5) is 27.1. The van der Waals surface area contributed by atoms with Crippen LogP contribution in [0.2, 0.25) is 10.0 Å². The molecule has 1 heterocycles. The Labute approximate surface area is 136 Å². The van der Waals surface area contributed by atoms with Crippen LogP contribution in [-0.2, 0) is 4.79 Å². The maximum absolute atomic E-state index is 11.7. The Morgan fingerprint density at radius 1 is 1.00 bits per heavy atom. The lowest BCUT2D eigenvalue weighted by Crippen LogP contribution is -2.40. The Bertz CT molecular complexity index is 698. The average molecular weight is 336 g/mol. The van der Waals surface area contributed by atoms with E-state index in [9.17, 15) is 9.59 Å². The number of hydrogen-bond donors (Lipinski definition) is 2. The quantitative estimate of drug-likeness (QED) is 0.669. The summed E-state index contributed by atoms with van der Waals surface area (Å²) >= 11 is 11.7. The molecular formula is C15H11Cl2N3O2. The van der Waals surface area contributed by atoms with E-state index in [4.69, 9.17) is 23.2 Å². The van der Waals surface area contributed by atoms with E-state index in [1.54, 1.807) is 18.2 Å². The van der Waals surface area contributed by atoms with E-state index in [-0.39, 0.29) is 0 Å². The molecular weight excluding hydrogens is 325 g/mol. The van der Waals surface area contributed by atoms with Crippen molar-refractivity contribution >= 4 is 41.1 Å². The second kappa shape index (κ2) is 7.59. The van der Waals surface area contributed by atoms with Gasteiger partial charge in [-0.1, -0.05) is 23.2 Å². The van der Waals surface area contributed by atoms with E-state index in [1.807, 2.05) is 0 Å². The zero-order chi connectivity index (χ0) is 15.9. The predicted molar refractivity (Wildman–Crippen MR) is 85.3 cm³/mol. The van der Waals surface area contributed by atoms with Crippen molar-refractivity contribution in [3.05, 3.63) is 70.0 Å². The lowest BCUT2D eigenvalue weighted by molar-refractivity contribution is -0.117. The van der Waals surface area contributed by atoms with Gasteiger partial charge in [0.1, 0.15) is 0 Å². The van der Waals surface area contributed by atoms with E-state index in [1.165, 1.54) is 36.7 Å². The van der Waals surface area contributed by atoms with Crippen molar-refractivity contribution in [3.8, 4) is 0 Å². The molecule has 0 spiro atoms. The highest BCUT2D eigenvalue weighted by molar-refractivity contribution is 6.34. The van der Waals surface area contributed by atoms with E-state index in [2.05, 4.69) is 15.8 Å². The fourth-order valence-electron chi connectivity index (χ4n) is 1.58. The van der Waals surface area contributed by atoms with Crippen LogP contribution in [0.5, 0.6) is 0 Å². The molecule has 0 saturated carbocycles. The van der Waals surface area contributed by atoms with Crippen LogP contribution in [-0.4, -0.2) is 16.8 Å². The largest absolute Gasteiger partial charge is 0.269 e. The van der Waals surface area contributed by atoms with Crippen LogP contribution in [0.4, 0.5) is 0 Å². The molecule has 0 radical (unpaired) electrons. The van der Waals surface area contributed by atoms with Crippen molar-refractivity contribution in [1.82, 2.24) is 15.8 Å². The van der Waals surface area contributed by atoms with Gasteiger partial charge in [-0.25, -0.2) is 0 Å². The number of aromatic nitrogens is 1. The van der Waals surface area contributed by atoms with Gasteiger partial charge in [-0.05, 0) is 42.0 Å². The number of hydrazine groups is 1. The summed E-state index contributed by atoms with van der Waals surface area (Å²) in [5, 5.41) is 0.942. The van der Waals surface area contributed by atoms with Gasteiger partial charge in [-0.15, -0.1) is 0 Å². The lowest BCUT2D eigenvalue weighted by atomic mass is 10.2. The molecule has 0 bridgehead atoms. The van der Waals surface area contributed by atoms with Gasteiger partial charge < -0.3 is 0 Å². The van der Waals surface area contributed by atoms with Crippen LogP contribution in [0.25, 0.3) is 6.08 Å². The first-order valence-electron chi connectivity index (χ1n) is 6.19. The van der Waals surface area contributed by atoms with Crippen molar-refractivity contribution in [2.24, 2.45) is 0 Å². The fourth-order valence-corrected chi connectivity index (χ4v) is 2.12. The van der Waals surface area contributed by atoms with Crippen molar-refractivity contribution in [3.63, 3.8) is 0 Å². The van der Waals surface area contributed by atoms with Gasteiger partial charge in [0, 0.05) is 34.1 Å². The third kappa shape index (κ3) is 4.87. The topological polar surface area (TPSA) is 71.1 Å². The van der Waals surface area contributed by atoms with Crippen LogP contribution >= 0.6 is 23.2 Å². The predicted octanol–water partition coefficient (Wildman–Crippen LogP) is 2.86. The number of nitrogens with zero attached hydrogens (tertiary/aromatic N) is 1. The number of benzene rings is 1. The molecule has 7 heteroatoms. The molecule has 0 unspecified atom stereocenters. The van der Waals surface area contributed by atoms with Crippen molar-refractivity contribution < 1.29 is 9.59 Å². The minimum Gasteiger partial charge on any atom is -0.268 e. The average Bonchev–Trinajstić information content (AvgIpc) is 2.50. The molecule has 1 aromatic carbocycles. The zero-order valence-corrected chi connectivity index (χ0v) is 12.7. The highest BCUT2D eigenvalue weighted by Gasteiger charge is 2.04. The summed E-state index contributed by atoms with van der Waals surface area (Å²) in [6.45, 7) is 0. The fraction of sp³-hybridized carbons (Fsp3) is 0. The third-order valence-corrected chi connectivity index (χ3v) is 2.99. The Morgan fingerprint density at radius 2 is 1.64 bits per heavy atom. The smallest absolute Gasteiger partial charge is 0.268 e. The lowest BCUT2D eigenvalue weighted by Gasteiger charge is -2.04. The first-order chi connectivity index (χ1) is 10.5. The van der Waals surface area contributed by atoms with Gasteiger partial charge in [0.2, 0.25) is 0 Å². The Balaban J connectivity index is 1.90. The summed E-state index contributed by atoms with van der Waals surface area (Å²) in [6.07, 6.45) is 5.76. The summed E-state index contributed by atoms with van der Waals surface area (Å²) in [6, 6.07) is 7.98. The first-order valence-corrected chi connectivity index (χ1v) is 6.95. The van der Waals surface area contributed by atoms with Crippen molar-refractivity contribution in [2.45, 2.75) is 0 Å². The Morgan fingerprint density at radius 3 is 2.27 bits per heavy atom. The van der Waals surface area contributed by atoms with E-state index >= 15 is 0 Å². The molecule has 2 amide bonds. The van der Waals surface area contributed by atoms with Gasteiger partial charge in [-0.3, -0.25) is 25.4 Å². The molecule has 22 heavy (non-hydrogen) atoms. The molecule has 5 nitrogen and oxygen atoms in total. The van der Waals surface area contributed by atoms with Gasteiger partial charge in [-0.2, -0.15) is 0 Å². The second-order valence-electron chi connectivity index (χ2n) is 4.22. The molecule has 1 aromatic heterocycles. The molecule has 0 aliphatic carbocycles. The number of rotatable bonds is 3. The van der Waals surface area contributed by atoms with Crippen LogP contribution in [0.15, 0.2) is 48.8 Å². The molecule has 0 saturated heterocycles. The number of halogens is 2. The van der Waals surface area contributed by atoms with Crippen molar-refractivity contribution in [1.29, 1.82) is 0 Å². The monoisotopic (exact) mass is 335 g/mol. The number of nitrogens with one attached hydrogen (secondary N) is 2. The molecule has 112 valence electrons. The molecule has 2 N–H and O–H groups in total. The van der Waals surface area contributed by atoms with Gasteiger partial charge in [0.05, 0.1) is 0 Å². The molecule has 0 aliphatic heterocycles. The summed E-state index contributed by atoms with van der Waals surface area (Å²) in [5.74, 6) is -0.923. The molecule has 0 atom stereocenters. The van der Waals surface area contributed by atoms with Crippen LogP contribution in [0.1, 0.15) is 15.9 Å². The summed E-state index contributed by atoms with van der Waals surface area (Å²) < 4.78 is 0. The first kappa shape index (κ1) is 16.0. The molecule has 2 rings (SSSR count). The summed E-state index contributed by atoms with van der Waals surface area (Å²) in [5.41, 5.74) is 5.62. The van der Waals surface area contributed by atoms with Crippen molar-refractivity contribution in [2.75, 3.05) is 0 Å². The maximum atomic E-state index is 11.7. The molecule has 0 fully saturated rings. The number of carbonyl (C=O) groups is 2. The zero-order valence-electron chi connectivity index (χ0n) is 11.2. The number of hydrogen-bond acceptors (Lipinski definition) is 3. The van der Waals surface area contributed by atoms with E-state index < -0.39 is 11.8 Å². The normalized spacial score (nSPS) is 10.5. The Kier molecular flexibility index (Phi) is 5.52. The standard InChI is InChI=1S/C15H11Cl2N3O2/c16-12-7-10(8-13(17)9-12)1-2-14(21)19-20-15(22)11-3-5-18-6-4-11/h1-9H,(H,19,21)(H,20,22)/b2-1+. The molecule has 0 aliphatic rings. The van der Waals surface area contributed by atoms with Gasteiger partial charge in [0.25, 0.3) is 11.8 Å². The maximum Gasteiger partial charge on any atom is 0.269 e. The Hall–Kier alpha value is -2.37.